The van der Waals surface area contributed by atoms with E-state index in [2.05, 4.69) is 0 Å². The summed E-state index contributed by atoms with van der Waals surface area (Å²) in [6.07, 6.45) is 5.61. The smallest absolute Gasteiger partial charge is 0.335 e. The Hall–Kier alpha value is -3.62. The molecule has 2 saturated heterocycles. The van der Waals surface area contributed by atoms with Crippen LogP contribution >= 0.6 is 11.8 Å². The molecule has 0 spiro atoms. The molecular weight excluding hydrogens is 450 g/mol. The number of rotatable bonds is 6. The van der Waals surface area contributed by atoms with Crippen LogP contribution in [-0.2, 0) is 9.53 Å². The summed E-state index contributed by atoms with van der Waals surface area (Å²) in [6, 6.07) is 20.1. The van der Waals surface area contributed by atoms with E-state index in [0.717, 1.165) is 30.8 Å². The molecule has 34 heavy (non-hydrogen) atoms. The largest absolute Gasteiger partial charge is 0.478 e. The normalized spacial score (nSPS) is 20.5. The van der Waals surface area contributed by atoms with Crippen molar-refractivity contribution in [3.8, 4) is 5.69 Å². The van der Waals surface area contributed by atoms with E-state index in [-0.39, 0.29) is 17.6 Å². The molecule has 1 amide bonds. The molecule has 2 aliphatic rings. The second-order valence-corrected chi connectivity index (χ2v) is 9.06. The summed E-state index contributed by atoms with van der Waals surface area (Å²) in [5.74, 6) is -1.09. The van der Waals surface area contributed by atoms with Crippen molar-refractivity contribution in [2.24, 2.45) is 4.99 Å². The summed E-state index contributed by atoms with van der Waals surface area (Å²) in [5.41, 5.74) is 2.47. The lowest BCUT2D eigenvalue weighted by Gasteiger charge is -2.19. The topological polar surface area (TPSA) is 84.1 Å². The van der Waals surface area contributed by atoms with Gasteiger partial charge in [0.1, 0.15) is 0 Å². The molecule has 1 aromatic heterocycles. The number of hydrogen-bond donors (Lipinski definition) is 1. The number of aromatic nitrogens is 1. The highest BCUT2D eigenvalue weighted by atomic mass is 32.2. The van der Waals surface area contributed by atoms with E-state index < -0.39 is 5.97 Å². The average molecular weight is 474 g/mol. The number of amidine groups is 1. The van der Waals surface area contributed by atoms with Crippen LogP contribution in [0.1, 0.15) is 28.9 Å². The summed E-state index contributed by atoms with van der Waals surface area (Å²) in [4.78, 5) is 31.8. The quantitative estimate of drug-likeness (QED) is 0.512. The van der Waals surface area contributed by atoms with Crippen molar-refractivity contribution >= 4 is 40.6 Å². The molecule has 2 fully saturated rings. The van der Waals surface area contributed by atoms with E-state index in [1.165, 1.54) is 11.8 Å². The minimum absolute atomic E-state index is 0.00694. The number of carbonyl (C=O) groups excluding carboxylic acids is 1. The summed E-state index contributed by atoms with van der Waals surface area (Å²) in [6.45, 7) is 1.19. The molecule has 1 N–H and O–H groups in total. The minimum Gasteiger partial charge on any atom is -0.478 e. The van der Waals surface area contributed by atoms with E-state index in [1.807, 2.05) is 65.4 Å². The Kier molecular flexibility index (Phi) is 6.33. The minimum atomic E-state index is -0.984. The highest BCUT2D eigenvalue weighted by Crippen LogP contribution is 2.35. The number of carboxylic acid groups (broad SMARTS) is 1. The second kappa shape index (κ2) is 9.70. The maximum absolute atomic E-state index is 13.4. The van der Waals surface area contributed by atoms with Crippen LogP contribution in [0.25, 0.3) is 11.8 Å². The molecule has 3 aromatic rings. The summed E-state index contributed by atoms with van der Waals surface area (Å²) >= 11 is 1.34. The molecule has 0 unspecified atom stereocenters. The number of carboxylic acids is 1. The number of amides is 1. The number of hydrogen-bond acceptors (Lipinski definition) is 5. The van der Waals surface area contributed by atoms with Gasteiger partial charge in [-0.05, 0) is 73.1 Å². The molecule has 8 heteroatoms. The molecule has 7 nitrogen and oxygen atoms in total. The van der Waals surface area contributed by atoms with Gasteiger partial charge >= 0.3 is 5.97 Å². The third-order valence-corrected chi connectivity index (χ3v) is 6.72. The van der Waals surface area contributed by atoms with Crippen molar-refractivity contribution in [1.29, 1.82) is 0 Å². The van der Waals surface area contributed by atoms with Gasteiger partial charge in [-0.3, -0.25) is 9.69 Å². The fourth-order valence-electron chi connectivity index (χ4n) is 4.03. The van der Waals surface area contributed by atoms with Gasteiger partial charge in [0.25, 0.3) is 5.91 Å². The third-order valence-electron chi connectivity index (χ3n) is 5.71. The van der Waals surface area contributed by atoms with E-state index >= 15 is 0 Å². The highest BCUT2D eigenvalue weighted by Gasteiger charge is 2.36. The zero-order valence-corrected chi connectivity index (χ0v) is 19.1. The van der Waals surface area contributed by atoms with E-state index in [0.29, 0.717) is 22.3 Å². The lowest BCUT2D eigenvalue weighted by Crippen LogP contribution is -2.36. The third kappa shape index (κ3) is 4.69. The fourth-order valence-corrected chi connectivity index (χ4v) is 5.02. The van der Waals surface area contributed by atoms with Gasteiger partial charge in [0.05, 0.1) is 28.8 Å². The SMILES string of the molecule is O=C(O)c1cccc(-n2cccc2/C=C2\SC(=Nc3ccccc3)N(C[C@@H]3CCCO3)C2=O)c1. The van der Waals surface area contributed by atoms with E-state index in [1.54, 1.807) is 23.1 Å². The van der Waals surface area contributed by atoms with E-state index in [9.17, 15) is 14.7 Å². The summed E-state index contributed by atoms with van der Waals surface area (Å²) in [7, 11) is 0. The first kappa shape index (κ1) is 22.2. The average Bonchev–Trinajstić information content (AvgIpc) is 3.59. The Morgan fingerprint density at radius 1 is 1.15 bits per heavy atom. The zero-order chi connectivity index (χ0) is 23.5. The van der Waals surface area contributed by atoms with Crippen LogP contribution in [0.2, 0.25) is 0 Å². The van der Waals surface area contributed by atoms with Crippen LogP contribution in [0, 0.1) is 0 Å². The van der Waals surface area contributed by atoms with Crippen LogP contribution in [0.4, 0.5) is 5.69 Å². The van der Waals surface area contributed by atoms with Gasteiger partial charge in [0, 0.05) is 24.2 Å². The van der Waals surface area contributed by atoms with Gasteiger partial charge in [0.15, 0.2) is 5.17 Å². The highest BCUT2D eigenvalue weighted by molar-refractivity contribution is 8.18. The molecule has 172 valence electrons. The Balaban J connectivity index is 1.48. The predicted octanol–water partition coefficient (Wildman–Crippen LogP) is 4.96. The van der Waals surface area contributed by atoms with Crippen LogP contribution in [0.3, 0.4) is 0 Å². The Labute approximate surface area is 201 Å². The predicted molar refractivity (Wildman–Crippen MR) is 133 cm³/mol. The van der Waals surface area contributed by atoms with Crippen LogP contribution in [-0.4, -0.2) is 50.9 Å². The van der Waals surface area contributed by atoms with Crippen LogP contribution in [0.5, 0.6) is 0 Å². The van der Waals surface area contributed by atoms with Crippen molar-refractivity contribution in [2.75, 3.05) is 13.2 Å². The summed E-state index contributed by atoms with van der Waals surface area (Å²) < 4.78 is 7.65. The molecule has 0 radical (unpaired) electrons. The monoisotopic (exact) mass is 473 g/mol. The number of aromatic carboxylic acids is 1. The fraction of sp³-hybridized carbons (Fsp3) is 0.192. The first-order chi connectivity index (χ1) is 16.6. The lowest BCUT2D eigenvalue weighted by atomic mass is 10.2. The van der Waals surface area contributed by atoms with Gasteiger partial charge in [-0.15, -0.1) is 0 Å². The van der Waals surface area contributed by atoms with Crippen LogP contribution in [0.15, 0.2) is 82.8 Å². The first-order valence-corrected chi connectivity index (χ1v) is 11.9. The van der Waals surface area contributed by atoms with Crippen molar-refractivity contribution in [2.45, 2.75) is 18.9 Å². The Morgan fingerprint density at radius 3 is 2.76 bits per heavy atom. The van der Waals surface area contributed by atoms with Gasteiger partial charge in [-0.25, -0.2) is 9.79 Å². The van der Waals surface area contributed by atoms with Gasteiger partial charge in [0.2, 0.25) is 0 Å². The molecular formula is C26H23N3O4S. The van der Waals surface area contributed by atoms with Crippen molar-refractivity contribution < 1.29 is 19.4 Å². The van der Waals surface area contributed by atoms with Crippen LogP contribution < -0.4 is 0 Å². The Bertz CT molecular complexity index is 1280. The number of carbonyl (C=O) groups is 2. The molecule has 2 aliphatic heterocycles. The molecule has 3 heterocycles. The number of benzene rings is 2. The number of nitrogens with zero attached hydrogens (tertiary/aromatic N) is 3. The maximum atomic E-state index is 13.4. The Morgan fingerprint density at radius 2 is 2.00 bits per heavy atom. The second-order valence-electron chi connectivity index (χ2n) is 8.05. The molecule has 1 atom stereocenters. The zero-order valence-electron chi connectivity index (χ0n) is 18.3. The number of para-hydroxylation sites is 1. The molecule has 2 aromatic carbocycles. The lowest BCUT2D eigenvalue weighted by molar-refractivity contribution is -0.123. The maximum Gasteiger partial charge on any atom is 0.335 e. The van der Waals surface area contributed by atoms with E-state index in [4.69, 9.17) is 9.73 Å². The molecule has 0 bridgehead atoms. The van der Waals surface area contributed by atoms with Crippen molar-refractivity contribution in [3.05, 3.63) is 89.1 Å². The number of ether oxygens (including phenoxy) is 1. The summed E-state index contributed by atoms with van der Waals surface area (Å²) in [5, 5.41) is 9.97. The van der Waals surface area contributed by atoms with Gasteiger partial charge in [-0.2, -0.15) is 0 Å². The molecule has 0 saturated carbocycles. The first-order valence-electron chi connectivity index (χ1n) is 11.1. The van der Waals surface area contributed by atoms with Gasteiger partial charge < -0.3 is 14.4 Å². The van der Waals surface area contributed by atoms with Gasteiger partial charge in [-0.1, -0.05) is 24.3 Å². The molecule has 5 rings (SSSR count). The van der Waals surface area contributed by atoms with Crippen molar-refractivity contribution in [3.63, 3.8) is 0 Å². The number of thioether (sulfide) groups is 1. The van der Waals surface area contributed by atoms with Crippen molar-refractivity contribution in [1.82, 2.24) is 9.47 Å². The molecule has 0 aliphatic carbocycles. The standard InChI is InChI=1S/C26H23N3O4S/c30-24-23(16-21-11-5-13-28(21)20-10-4-7-18(15-20)25(31)32)34-26(27-19-8-2-1-3-9-19)29(24)17-22-12-6-14-33-22/h1-5,7-11,13,15-16,22H,6,12,14,17H2,(H,31,32)/b23-16-,27-26?/t22-/m0/s1. The number of aliphatic imine (C=N–C) groups is 1.